The summed E-state index contributed by atoms with van der Waals surface area (Å²) in [7, 11) is 12.2. The molecule has 0 fully saturated rings. The van der Waals surface area contributed by atoms with Gasteiger partial charge in [0, 0.05) is 125 Å². The van der Waals surface area contributed by atoms with Gasteiger partial charge in [0.1, 0.15) is 42.3 Å². The van der Waals surface area contributed by atoms with Crippen LogP contribution < -0.4 is 27.4 Å². The zero-order chi connectivity index (χ0) is 83.0. The van der Waals surface area contributed by atoms with Gasteiger partial charge in [0.15, 0.2) is 35.7 Å². The van der Waals surface area contributed by atoms with E-state index in [1.807, 2.05) is 88.3 Å². The van der Waals surface area contributed by atoms with Crippen LogP contribution in [0.3, 0.4) is 0 Å². The maximum Gasteiger partial charge on any atom is 0.215 e. The van der Waals surface area contributed by atoms with Crippen molar-refractivity contribution in [1.29, 1.82) is 0 Å². The predicted octanol–water partition coefficient (Wildman–Crippen LogP) is 20.5. The summed E-state index contributed by atoms with van der Waals surface area (Å²) in [6.07, 6.45) is 5.65. The fourth-order valence-electron chi connectivity index (χ4n) is 13.3. The molecule has 0 aliphatic rings. The lowest BCUT2D eigenvalue weighted by atomic mass is 9.97. The Balaban J connectivity index is 0.000000185. The molecule has 12 aromatic rings. The van der Waals surface area contributed by atoms with Crippen molar-refractivity contribution < 1.29 is 39.7 Å². The smallest absolute Gasteiger partial charge is 0.201 e. The summed E-state index contributed by atoms with van der Waals surface area (Å²) >= 11 is 0. The SMILES string of the molecule is Cc1cc(-c2c(C)cccc2C)[n+](C)cc1C.Cc1cccc(-c2c(C)ccc(C)[n+]2C)c1C.Cc1cccc(-c2c(C)ccc(C)[n+]2C)c1C.[2H]C([2H])([2H])c1c[n+](C)c(-c2c(C)cccc2C)cc1C.[2H]C([2H])([2H])c1c[n+](C)c(-c2cc(C)ccc2C)cc1C.[2H]C([2H])([2H])c1cccc(-c2c(C)ccc(C)[n+]2C)c1C. The molecule has 0 aliphatic carbocycles. The minimum absolute atomic E-state index is 0.411. The number of benzene rings is 6. The van der Waals surface area contributed by atoms with E-state index in [2.05, 4.69) is 291 Å². The Morgan fingerprint density at radius 1 is 0.225 bits per heavy atom. The fraction of sp³-hybridized carbons (Fsp3) is 0.312. The molecule has 6 aromatic carbocycles. The van der Waals surface area contributed by atoms with E-state index in [4.69, 9.17) is 12.3 Å². The normalized spacial score (nSPS) is 12.3. The van der Waals surface area contributed by atoms with Crippen molar-refractivity contribution in [3.8, 4) is 67.5 Å². The number of nitrogens with zero attached hydrogens (tertiary/aromatic N) is 6. The number of hydrogen-bond donors (Lipinski definition) is 0. The lowest BCUT2D eigenvalue weighted by molar-refractivity contribution is -0.667. The van der Waals surface area contributed by atoms with Gasteiger partial charge in [-0.2, -0.15) is 13.7 Å². The van der Waals surface area contributed by atoms with Crippen molar-refractivity contribution in [2.24, 2.45) is 42.3 Å². The zero-order valence-corrected chi connectivity index (χ0v) is 66.5. The van der Waals surface area contributed by atoms with Crippen molar-refractivity contribution in [3.05, 3.63) is 316 Å². The monoisotopic (exact) mass is 1370 g/mol. The van der Waals surface area contributed by atoms with Crippen LogP contribution in [0.15, 0.2) is 182 Å². The first-order valence-corrected chi connectivity index (χ1v) is 35.5. The third-order valence-corrected chi connectivity index (χ3v) is 20.6. The molecule has 0 bridgehead atoms. The van der Waals surface area contributed by atoms with Crippen LogP contribution in [0.25, 0.3) is 67.5 Å². The lowest BCUT2D eigenvalue weighted by Crippen LogP contribution is -2.35. The third kappa shape index (κ3) is 18.7. The van der Waals surface area contributed by atoms with Gasteiger partial charge in [-0.1, -0.05) is 90.5 Å². The van der Waals surface area contributed by atoms with Gasteiger partial charge in [0.25, 0.3) is 0 Å². The Kier molecular flexibility index (Phi) is 22.7. The van der Waals surface area contributed by atoms with Crippen LogP contribution in [-0.2, 0) is 42.3 Å². The van der Waals surface area contributed by atoms with Gasteiger partial charge in [0.05, 0.1) is 11.1 Å². The van der Waals surface area contributed by atoms with Crippen LogP contribution >= 0.6 is 0 Å². The largest absolute Gasteiger partial charge is 0.215 e. The number of hydrogen-bond acceptors (Lipinski definition) is 0. The Morgan fingerprint density at radius 2 is 0.510 bits per heavy atom. The second-order valence-electron chi connectivity index (χ2n) is 28.4. The van der Waals surface area contributed by atoms with E-state index in [0.717, 1.165) is 56.2 Å². The molecule has 0 aliphatic heterocycles. The van der Waals surface area contributed by atoms with Gasteiger partial charge >= 0.3 is 0 Å². The number of pyridine rings is 6. The molecule has 6 heteroatoms. The van der Waals surface area contributed by atoms with Gasteiger partial charge in [-0.3, -0.25) is 0 Å². The third-order valence-electron chi connectivity index (χ3n) is 20.6. The minimum atomic E-state index is -2.07. The summed E-state index contributed by atoms with van der Waals surface area (Å²) in [5.41, 5.74) is 41.2. The quantitative estimate of drug-likeness (QED) is 0.148. The highest BCUT2D eigenvalue weighted by atomic mass is 15.0. The van der Waals surface area contributed by atoms with E-state index in [-0.39, 0.29) is 0 Å². The predicted molar refractivity (Wildman–Crippen MR) is 432 cm³/mol. The molecule has 102 heavy (non-hydrogen) atoms. The van der Waals surface area contributed by atoms with Crippen molar-refractivity contribution in [2.75, 3.05) is 0 Å². The average molecular weight is 1370 g/mol. The molecule has 0 unspecified atom stereocenters. The van der Waals surface area contributed by atoms with E-state index in [0.29, 0.717) is 16.7 Å². The Hall–Kier alpha value is -9.78. The summed E-state index contributed by atoms with van der Waals surface area (Å²) in [4.78, 5) is 0. The zero-order valence-electron chi connectivity index (χ0n) is 75.5. The van der Waals surface area contributed by atoms with Crippen LogP contribution in [0, 0.1) is 166 Å². The maximum absolute atomic E-state index is 7.65. The summed E-state index contributed by atoms with van der Waals surface area (Å²) in [6.45, 7) is 37.9. The van der Waals surface area contributed by atoms with Gasteiger partial charge in [0.2, 0.25) is 34.2 Å². The first-order valence-electron chi connectivity index (χ1n) is 40.0. The molecule has 6 nitrogen and oxygen atoms in total. The average Bonchev–Trinajstić information content (AvgIpc) is 0.789. The molecular weight excluding hydrogens is 1240 g/mol. The molecule has 0 saturated heterocycles. The highest BCUT2D eigenvalue weighted by Crippen LogP contribution is 2.31. The fourth-order valence-corrected chi connectivity index (χ4v) is 13.3. The number of aromatic nitrogens is 6. The van der Waals surface area contributed by atoms with Crippen LogP contribution in [0.2, 0.25) is 0 Å². The molecule has 0 amide bonds. The molecule has 12 rings (SSSR count). The summed E-state index contributed by atoms with van der Waals surface area (Å²) in [6, 6.07) is 56.6. The Labute approximate surface area is 628 Å². The van der Waals surface area contributed by atoms with Crippen molar-refractivity contribution in [2.45, 2.75) is 166 Å². The first kappa shape index (κ1) is 66.8. The first-order chi connectivity index (χ1) is 51.7. The summed E-state index contributed by atoms with van der Waals surface area (Å²) in [5.74, 6) is 0. The number of aryl methyl sites for hydroxylation is 24. The highest BCUT2D eigenvalue weighted by Gasteiger charge is 2.23. The lowest BCUT2D eigenvalue weighted by Gasteiger charge is -2.10. The maximum atomic E-state index is 7.65. The van der Waals surface area contributed by atoms with Crippen molar-refractivity contribution in [3.63, 3.8) is 0 Å². The standard InChI is InChI=1S/6C16H20N/c1-11-6-7-12(2)15(8-11)16-9-13(3)14(4)10-17(16)5;2*1-11-7-6-8-12(2)16(11)15-9-13(3)14(4)10-17(15)5;3*1-11-7-6-8-15(14(11)4)16-12(2)9-10-13(3)17(16)5/h6*6-10H,1-5H3/q6*+1/i2*4D3;;1D3;;. The molecule has 0 radical (unpaired) electrons. The van der Waals surface area contributed by atoms with Gasteiger partial charge in [-0.15, -0.1) is 0 Å². The second kappa shape index (κ2) is 34.7. The molecular formula is C96H120N6+6. The van der Waals surface area contributed by atoms with Crippen LogP contribution in [0.4, 0.5) is 0 Å². The van der Waals surface area contributed by atoms with Crippen LogP contribution in [-0.4, -0.2) is 0 Å². The van der Waals surface area contributed by atoms with Crippen LogP contribution in [0.5, 0.6) is 0 Å². The van der Waals surface area contributed by atoms with E-state index < -0.39 is 20.6 Å². The summed E-state index contributed by atoms with van der Waals surface area (Å²) in [5, 5.41) is 0. The molecule has 0 spiro atoms. The Morgan fingerprint density at radius 3 is 0.873 bits per heavy atom. The number of rotatable bonds is 6. The van der Waals surface area contributed by atoms with Gasteiger partial charge < -0.3 is 0 Å². The van der Waals surface area contributed by atoms with Gasteiger partial charge in [-0.05, 0) is 266 Å². The van der Waals surface area contributed by atoms with E-state index in [1.165, 1.54) is 129 Å². The molecule has 0 atom stereocenters. The molecule has 6 heterocycles. The van der Waals surface area contributed by atoms with E-state index in [1.54, 1.807) is 18.5 Å². The van der Waals surface area contributed by atoms with E-state index >= 15 is 0 Å². The van der Waals surface area contributed by atoms with E-state index in [9.17, 15) is 0 Å². The molecule has 0 N–H and O–H groups in total. The summed E-state index contributed by atoms with van der Waals surface area (Å²) < 4.78 is 81.2. The van der Waals surface area contributed by atoms with Gasteiger partial charge in [-0.25, -0.2) is 13.7 Å². The second-order valence-corrected chi connectivity index (χ2v) is 28.4. The Bertz CT molecular complexity index is 5260. The van der Waals surface area contributed by atoms with Crippen molar-refractivity contribution >= 4 is 0 Å². The highest BCUT2D eigenvalue weighted by molar-refractivity contribution is 5.70. The molecule has 0 saturated carbocycles. The van der Waals surface area contributed by atoms with Crippen molar-refractivity contribution in [1.82, 2.24) is 0 Å². The van der Waals surface area contributed by atoms with Crippen LogP contribution in [0.1, 0.15) is 146 Å². The topological polar surface area (TPSA) is 23.3 Å². The minimum Gasteiger partial charge on any atom is -0.201 e. The molecule has 6 aromatic heterocycles. The molecule has 528 valence electrons.